The molecule has 0 heterocycles. The molecular formula is C13H20N2O. The van der Waals surface area contributed by atoms with Crippen molar-refractivity contribution in [2.45, 2.75) is 19.8 Å². The molecule has 0 aliphatic heterocycles. The van der Waals surface area contributed by atoms with E-state index in [2.05, 4.69) is 17.4 Å². The minimum atomic E-state index is 0.0118. The first-order valence-corrected chi connectivity index (χ1v) is 5.77. The van der Waals surface area contributed by atoms with Gasteiger partial charge < -0.3 is 10.2 Å². The van der Waals surface area contributed by atoms with Crippen LogP contribution >= 0.6 is 0 Å². The maximum absolute atomic E-state index is 11.5. The summed E-state index contributed by atoms with van der Waals surface area (Å²) >= 11 is 0. The first-order valence-electron chi connectivity index (χ1n) is 5.77. The summed E-state index contributed by atoms with van der Waals surface area (Å²) in [5.74, 6) is 0. The van der Waals surface area contributed by atoms with Crippen molar-refractivity contribution < 1.29 is 4.79 Å². The maximum atomic E-state index is 11.5. The highest BCUT2D eigenvalue weighted by molar-refractivity contribution is 5.73. The van der Waals surface area contributed by atoms with Gasteiger partial charge in [0.15, 0.2) is 0 Å². The monoisotopic (exact) mass is 220 g/mol. The highest BCUT2D eigenvalue weighted by Crippen LogP contribution is 2.00. The minimum Gasteiger partial charge on any atom is -0.338 e. The average molecular weight is 220 g/mol. The van der Waals surface area contributed by atoms with Gasteiger partial charge in [-0.2, -0.15) is 0 Å². The van der Waals surface area contributed by atoms with E-state index in [0.29, 0.717) is 0 Å². The summed E-state index contributed by atoms with van der Waals surface area (Å²) in [6.07, 6.45) is 1.87. The molecule has 3 nitrogen and oxygen atoms in total. The van der Waals surface area contributed by atoms with Crippen molar-refractivity contribution >= 4 is 6.03 Å². The van der Waals surface area contributed by atoms with E-state index in [1.165, 1.54) is 5.56 Å². The largest absolute Gasteiger partial charge is 0.338 e. The fourth-order valence-corrected chi connectivity index (χ4v) is 1.41. The first-order chi connectivity index (χ1) is 7.74. The Morgan fingerprint density at radius 2 is 2.00 bits per heavy atom. The number of carbonyl (C=O) groups is 1. The number of likely N-dealkylation sites (N-methyl/N-ethyl adjacent to an activating group) is 1. The third-order valence-corrected chi connectivity index (χ3v) is 2.45. The van der Waals surface area contributed by atoms with Crippen molar-refractivity contribution in [2.75, 3.05) is 20.1 Å². The summed E-state index contributed by atoms with van der Waals surface area (Å²) in [7, 11) is 1.83. The SMILES string of the molecule is CCCNC(=O)N(C)CCc1ccccc1. The number of carbonyl (C=O) groups excluding carboxylic acids is 1. The van der Waals surface area contributed by atoms with Gasteiger partial charge in [0.2, 0.25) is 0 Å². The zero-order valence-electron chi connectivity index (χ0n) is 10.1. The average Bonchev–Trinajstić information content (AvgIpc) is 2.34. The number of nitrogens with one attached hydrogen (secondary N) is 1. The van der Waals surface area contributed by atoms with Gasteiger partial charge in [0.1, 0.15) is 0 Å². The van der Waals surface area contributed by atoms with Crippen LogP contribution in [0.15, 0.2) is 30.3 Å². The molecule has 16 heavy (non-hydrogen) atoms. The fourth-order valence-electron chi connectivity index (χ4n) is 1.41. The number of hydrogen-bond acceptors (Lipinski definition) is 1. The molecule has 0 aliphatic rings. The summed E-state index contributed by atoms with van der Waals surface area (Å²) in [4.78, 5) is 13.3. The Morgan fingerprint density at radius 1 is 1.31 bits per heavy atom. The maximum Gasteiger partial charge on any atom is 0.317 e. The van der Waals surface area contributed by atoms with E-state index in [1.807, 2.05) is 32.2 Å². The summed E-state index contributed by atoms with van der Waals surface area (Å²) in [5, 5.41) is 2.86. The fraction of sp³-hybridized carbons (Fsp3) is 0.462. The molecule has 1 N–H and O–H groups in total. The lowest BCUT2D eigenvalue weighted by atomic mass is 10.1. The van der Waals surface area contributed by atoms with E-state index in [0.717, 1.165) is 25.9 Å². The van der Waals surface area contributed by atoms with E-state index in [4.69, 9.17) is 0 Å². The smallest absolute Gasteiger partial charge is 0.317 e. The van der Waals surface area contributed by atoms with Gasteiger partial charge in [-0.25, -0.2) is 4.79 Å². The third-order valence-electron chi connectivity index (χ3n) is 2.45. The van der Waals surface area contributed by atoms with Gasteiger partial charge >= 0.3 is 6.03 Å². The van der Waals surface area contributed by atoms with E-state index >= 15 is 0 Å². The van der Waals surface area contributed by atoms with Gasteiger partial charge in [0.05, 0.1) is 0 Å². The zero-order valence-corrected chi connectivity index (χ0v) is 10.1. The molecule has 0 bridgehead atoms. The second-order valence-corrected chi connectivity index (χ2v) is 3.89. The molecule has 1 aromatic rings. The molecule has 2 amide bonds. The lowest BCUT2D eigenvalue weighted by molar-refractivity contribution is 0.209. The summed E-state index contributed by atoms with van der Waals surface area (Å²) in [5.41, 5.74) is 1.26. The van der Waals surface area contributed by atoms with Crippen LogP contribution in [-0.2, 0) is 6.42 Å². The zero-order chi connectivity index (χ0) is 11.8. The van der Waals surface area contributed by atoms with E-state index in [1.54, 1.807) is 4.90 Å². The van der Waals surface area contributed by atoms with Crippen LogP contribution in [0.4, 0.5) is 4.79 Å². The van der Waals surface area contributed by atoms with Crippen LogP contribution in [0.1, 0.15) is 18.9 Å². The summed E-state index contributed by atoms with van der Waals surface area (Å²) in [6, 6.07) is 10.2. The predicted octanol–water partition coefficient (Wildman–Crippen LogP) is 2.28. The molecule has 1 rings (SSSR count). The number of hydrogen-bond donors (Lipinski definition) is 1. The third kappa shape index (κ3) is 4.34. The molecule has 0 aliphatic carbocycles. The number of rotatable bonds is 5. The highest BCUT2D eigenvalue weighted by atomic mass is 16.2. The molecule has 0 spiro atoms. The molecule has 1 aromatic carbocycles. The van der Waals surface area contributed by atoms with Crippen LogP contribution in [0.5, 0.6) is 0 Å². The topological polar surface area (TPSA) is 32.3 Å². The summed E-state index contributed by atoms with van der Waals surface area (Å²) in [6.45, 7) is 3.54. The van der Waals surface area contributed by atoms with Crippen LogP contribution in [-0.4, -0.2) is 31.1 Å². The normalized spacial score (nSPS) is 9.88. The predicted molar refractivity (Wildman–Crippen MR) is 66.5 cm³/mol. The Morgan fingerprint density at radius 3 is 2.62 bits per heavy atom. The highest BCUT2D eigenvalue weighted by Gasteiger charge is 2.06. The van der Waals surface area contributed by atoms with Crippen LogP contribution in [0.25, 0.3) is 0 Å². The molecule has 0 aromatic heterocycles. The minimum absolute atomic E-state index is 0.0118. The molecule has 0 saturated heterocycles. The Bertz CT molecular complexity index is 311. The Hall–Kier alpha value is -1.51. The Balaban J connectivity index is 2.29. The van der Waals surface area contributed by atoms with Crippen molar-refractivity contribution in [3.8, 4) is 0 Å². The number of benzene rings is 1. The second-order valence-electron chi connectivity index (χ2n) is 3.89. The van der Waals surface area contributed by atoms with Gasteiger partial charge in [-0.15, -0.1) is 0 Å². The molecule has 0 fully saturated rings. The lowest BCUT2D eigenvalue weighted by Crippen LogP contribution is -2.38. The molecule has 0 saturated carbocycles. The van der Waals surface area contributed by atoms with Gasteiger partial charge in [-0.05, 0) is 18.4 Å². The van der Waals surface area contributed by atoms with Crippen molar-refractivity contribution in [1.29, 1.82) is 0 Å². The lowest BCUT2D eigenvalue weighted by Gasteiger charge is -2.17. The van der Waals surface area contributed by atoms with Crippen LogP contribution in [0.2, 0.25) is 0 Å². The van der Waals surface area contributed by atoms with E-state index in [9.17, 15) is 4.79 Å². The number of nitrogens with zero attached hydrogens (tertiary/aromatic N) is 1. The van der Waals surface area contributed by atoms with Gasteiger partial charge in [0, 0.05) is 20.1 Å². The van der Waals surface area contributed by atoms with Crippen molar-refractivity contribution in [1.82, 2.24) is 10.2 Å². The Labute approximate surface area is 97.5 Å². The molecule has 3 heteroatoms. The first kappa shape index (κ1) is 12.6. The number of amides is 2. The second kappa shape index (κ2) is 6.88. The molecule has 88 valence electrons. The number of urea groups is 1. The van der Waals surface area contributed by atoms with Crippen LogP contribution < -0.4 is 5.32 Å². The molecule has 0 unspecified atom stereocenters. The summed E-state index contributed by atoms with van der Waals surface area (Å²) < 4.78 is 0. The standard InChI is InChI=1S/C13H20N2O/c1-3-10-14-13(16)15(2)11-9-12-7-5-4-6-8-12/h4-8H,3,9-11H2,1-2H3,(H,14,16). The van der Waals surface area contributed by atoms with Gasteiger partial charge in [0.25, 0.3) is 0 Å². The molecule has 0 atom stereocenters. The quantitative estimate of drug-likeness (QED) is 0.811. The van der Waals surface area contributed by atoms with Crippen LogP contribution in [0.3, 0.4) is 0 Å². The van der Waals surface area contributed by atoms with E-state index < -0.39 is 0 Å². The molecular weight excluding hydrogens is 200 g/mol. The molecule has 0 radical (unpaired) electrons. The van der Waals surface area contributed by atoms with Crippen molar-refractivity contribution in [2.24, 2.45) is 0 Å². The van der Waals surface area contributed by atoms with E-state index in [-0.39, 0.29) is 6.03 Å². The van der Waals surface area contributed by atoms with Crippen molar-refractivity contribution in [3.05, 3.63) is 35.9 Å². The van der Waals surface area contributed by atoms with Gasteiger partial charge in [-0.1, -0.05) is 37.3 Å². The Kier molecular flexibility index (Phi) is 5.40. The van der Waals surface area contributed by atoms with Gasteiger partial charge in [-0.3, -0.25) is 0 Å². The van der Waals surface area contributed by atoms with Crippen molar-refractivity contribution in [3.63, 3.8) is 0 Å². The van der Waals surface area contributed by atoms with Crippen LogP contribution in [0, 0.1) is 0 Å².